The van der Waals surface area contributed by atoms with E-state index in [0.29, 0.717) is 0 Å². The molecule has 0 bridgehead atoms. The van der Waals surface area contributed by atoms with Crippen LogP contribution >= 0.6 is 0 Å². The molecule has 0 radical (unpaired) electrons. The minimum Gasteiger partial charge on any atom is -0.396 e. The molecule has 0 aromatic carbocycles. The summed E-state index contributed by atoms with van der Waals surface area (Å²) in [7, 11) is 0. The molecule has 1 rings (SSSR count). The summed E-state index contributed by atoms with van der Waals surface area (Å²) in [6.45, 7) is 9.13. The second kappa shape index (κ2) is 8.69. The summed E-state index contributed by atoms with van der Waals surface area (Å²) in [6, 6.07) is 2.00. The number of aromatic nitrogens is 2. The molecular formula is C14H26N4O. The molecule has 5 heteroatoms. The largest absolute Gasteiger partial charge is 0.396 e. The second-order valence-electron chi connectivity index (χ2n) is 4.46. The van der Waals surface area contributed by atoms with Crippen molar-refractivity contribution in [2.24, 2.45) is 0 Å². The van der Waals surface area contributed by atoms with Gasteiger partial charge in [0.25, 0.3) is 0 Å². The van der Waals surface area contributed by atoms with Crippen molar-refractivity contribution < 1.29 is 5.11 Å². The zero-order valence-electron chi connectivity index (χ0n) is 12.3. The van der Waals surface area contributed by atoms with E-state index in [1.165, 1.54) is 0 Å². The first kappa shape index (κ1) is 15.7. The van der Waals surface area contributed by atoms with Crippen molar-refractivity contribution in [3.63, 3.8) is 0 Å². The van der Waals surface area contributed by atoms with E-state index in [1.807, 2.05) is 6.07 Å². The molecule has 19 heavy (non-hydrogen) atoms. The standard InChI is InChI=1S/C14H26N4O/c1-4-8-15-13-11-14(17-12(5-2)16-13)18(6-3)9-7-10-19/h11,19H,4-10H2,1-3H3,(H,15,16,17). The summed E-state index contributed by atoms with van der Waals surface area (Å²) in [5.74, 6) is 2.70. The third kappa shape index (κ3) is 5.03. The number of rotatable bonds is 9. The van der Waals surface area contributed by atoms with Gasteiger partial charge in [-0.3, -0.25) is 0 Å². The smallest absolute Gasteiger partial charge is 0.134 e. The van der Waals surface area contributed by atoms with Crippen LogP contribution in [0.25, 0.3) is 0 Å². The van der Waals surface area contributed by atoms with Crippen LogP contribution in [-0.2, 0) is 6.42 Å². The average molecular weight is 266 g/mol. The molecular weight excluding hydrogens is 240 g/mol. The topological polar surface area (TPSA) is 61.3 Å². The molecule has 0 unspecified atom stereocenters. The number of aliphatic hydroxyl groups is 1. The Hall–Kier alpha value is -1.36. The summed E-state index contributed by atoms with van der Waals surface area (Å²) < 4.78 is 0. The number of aryl methyl sites for hydroxylation is 1. The highest BCUT2D eigenvalue weighted by Gasteiger charge is 2.09. The van der Waals surface area contributed by atoms with Crippen LogP contribution in [0.4, 0.5) is 11.6 Å². The molecule has 2 N–H and O–H groups in total. The van der Waals surface area contributed by atoms with E-state index in [2.05, 4.69) is 41.0 Å². The Balaban J connectivity index is 2.89. The molecule has 1 heterocycles. The van der Waals surface area contributed by atoms with Gasteiger partial charge in [-0.25, -0.2) is 9.97 Å². The fraction of sp³-hybridized carbons (Fsp3) is 0.714. The molecule has 0 amide bonds. The second-order valence-corrected chi connectivity index (χ2v) is 4.46. The van der Waals surface area contributed by atoms with E-state index in [0.717, 1.165) is 56.4 Å². The van der Waals surface area contributed by atoms with Crippen molar-refractivity contribution in [1.29, 1.82) is 0 Å². The Morgan fingerprint density at radius 1 is 1.26 bits per heavy atom. The predicted molar refractivity (Wildman–Crippen MR) is 79.8 cm³/mol. The summed E-state index contributed by atoms with van der Waals surface area (Å²) in [6.07, 6.45) is 2.66. The van der Waals surface area contributed by atoms with Gasteiger partial charge in [0.15, 0.2) is 0 Å². The van der Waals surface area contributed by atoms with Crippen LogP contribution in [-0.4, -0.2) is 41.3 Å². The molecule has 0 fully saturated rings. The molecule has 0 atom stereocenters. The Bertz CT molecular complexity index is 370. The van der Waals surface area contributed by atoms with Gasteiger partial charge in [-0.2, -0.15) is 0 Å². The lowest BCUT2D eigenvalue weighted by Crippen LogP contribution is -2.26. The van der Waals surface area contributed by atoms with E-state index in [4.69, 9.17) is 5.11 Å². The van der Waals surface area contributed by atoms with E-state index in [-0.39, 0.29) is 6.61 Å². The van der Waals surface area contributed by atoms with Crippen LogP contribution < -0.4 is 10.2 Å². The van der Waals surface area contributed by atoms with Gasteiger partial charge in [-0.1, -0.05) is 13.8 Å². The average Bonchev–Trinajstić information content (AvgIpc) is 2.45. The third-order valence-electron chi connectivity index (χ3n) is 2.92. The highest BCUT2D eigenvalue weighted by molar-refractivity contribution is 5.49. The first-order valence-electron chi connectivity index (χ1n) is 7.22. The van der Waals surface area contributed by atoms with Gasteiger partial charge in [0.05, 0.1) is 0 Å². The highest BCUT2D eigenvalue weighted by Crippen LogP contribution is 2.16. The summed E-state index contributed by atoms with van der Waals surface area (Å²) >= 11 is 0. The Labute approximate surface area is 116 Å². The van der Waals surface area contributed by atoms with Crippen molar-refractivity contribution in [3.05, 3.63) is 11.9 Å². The van der Waals surface area contributed by atoms with E-state index in [9.17, 15) is 0 Å². The van der Waals surface area contributed by atoms with E-state index in [1.54, 1.807) is 0 Å². The normalized spacial score (nSPS) is 10.5. The van der Waals surface area contributed by atoms with Crippen LogP contribution in [0.2, 0.25) is 0 Å². The molecule has 0 aliphatic heterocycles. The number of nitrogens with zero attached hydrogens (tertiary/aromatic N) is 3. The van der Waals surface area contributed by atoms with Crippen molar-refractivity contribution in [2.45, 2.75) is 40.0 Å². The zero-order chi connectivity index (χ0) is 14.1. The fourth-order valence-corrected chi connectivity index (χ4v) is 1.84. The minimum atomic E-state index is 0.211. The van der Waals surface area contributed by atoms with E-state index < -0.39 is 0 Å². The van der Waals surface area contributed by atoms with Gasteiger partial charge >= 0.3 is 0 Å². The summed E-state index contributed by atoms with van der Waals surface area (Å²) in [5, 5.41) is 12.3. The van der Waals surface area contributed by atoms with E-state index >= 15 is 0 Å². The van der Waals surface area contributed by atoms with Gasteiger partial charge in [-0.05, 0) is 19.8 Å². The number of hydrogen-bond acceptors (Lipinski definition) is 5. The first-order valence-corrected chi connectivity index (χ1v) is 7.22. The van der Waals surface area contributed by atoms with Gasteiger partial charge in [0.1, 0.15) is 17.5 Å². The summed E-state index contributed by atoms with van der Waals surface area (Å²) in [4.78, 5) is 11.2. The molecule has 108 valence electrons. The van der Waals surface area contributed by atoms with Gasteiger partial charge in [0.2, 0.25) is 0 Å². The lowest BCUT2D eigenvalue weighted by Gasteiger charge is -2.22. The number of hydrogen-bond donors (Lipinski definition) is 2. The molecule has 5 nitrogen and oxygen atoms in total. The van der Waals surface area contributed by atoms with Crippen molar-refractivity contribution in [1.82, 2.24) is 9.97 Å². The van der Waals surface area contributed by atoms with Crippen LogP contribution in [0.1, 0.15) is 39.4 Å². The Kier molecular flexibility index (Phi) is 7.18. The lowest BCUT2D eigenvalue weighted by molar-refractivity contribution is 0.289. The lowest BCUT2D eigenvalue weighted by atomic mass is 10.3. The number of nitrogens with one attached hydrogen (secondary N) is 1. The number of aliphatic hydroxyl groups excluding tert-OH is 1. The minimum absolute atomic E-state index is 0.211. The van der Waals surface area contributed by atoms with Crippen LogP contribution in [0, 0.1) is 0 Å². The van der Waals surface area contributed by atoms with Crippen molar-refractivity contribution in [3.8, 4) is 0 Å². The van der Waals surface area contributed by atoms with Gasteiger partial charge < -0.3 is 15.3 Å². The molecule has 0 saturated carbocycles. The van der Waals surface area contributed by atoms with Gasteiger partial charge in [0, 0.05) is 38.7 Å². The molecule has 0 aliphatic carbocycles. The number of anilines is 2. The Morgan fingerprint density at radius 3 is 2.63 bits per heavy atom. The maximum absolute atomic E-state index is 8.96. The van der Waals surface area contributed by atoms with Crippen LogP contribution in [0.15, 0.2) is 6.07 Å². The first-order chi connectivity index (χ1) is 9.24. The van der Waals surface area contributed by atoms with Crippen molar-refractivity contribution >= 4 is 11.6 Å². The van der Waals surface area contributed by atoms with Crippen LogP contribution in [0.5, 0.6) is 0 Å². The quantitative estimate of drug-likeness (QED) is 0.716. The molecule has 0 aliphatic rings. The van der Waals surface area contributed by atoms with Gasteiger partial charge in [-0.15, -0.1) is 0 Å². The molecule has 1 aromatic heterocycles. The van der Waals surface area contributed by atoms with Crippen molar-refractivity contribution in [2.75, 3.05) is 36.5 Å². The molecule has 0 saturated heterocycles. The maximum atomic E-state index is 8.96. The van der Waals surface area contributed by atoms with Crippen LogP contribution in [0.3, 0.4) is 0 Å². The third-order valence-corrected chi connectivity index (χ3v) is 2.92. The summed E-state index contributed by atoms with van der Waals surface area (Å²) in [5.41, 5.74) is 0. The SMILES string of the molecule is CCCNc1cc(N(CC)CCCO)nc(CC)n1. The molecule has 1 aromatic rings. The molecule has 0 spiro atoms. The Morgan fingerprint density at radius 2 is 2.05 bits per heavy atom. The zero-order valence-corrected chi connectivity index (χ0v) is 12.3. The monoisotopic (exact) mass is 266 g/mol. The highest BCUT2D eigenvalue weighted by atomic mass is 16.3. The fourth-order valence-electron chi connectivity index (χ4n) is 1.84. The predicted octanol–water partition coefficient (Wildman–Crippen LogP) is 2.07. The maximum Gasteiger partial charge on any atom is 0.134 e.